The van der Waals surface area contributed by atoms with Crippen LogP contribution in [0.4, 0.5) is 0 Å². The molecule has 0 bridgehead atoms. The van der Waals surface area contributed by atoms with Crippen LogP contribution in [-0.2, 0) is 0 Å². The van der Waals surface area contributed by atoms with Crippen molar-refractivity contribution in [2.45, 2.75) is 0 Å². The molecule has 1 aromatic rings. The molecule has 0 unspecified atom stereocenters. The van der Waals surface area contributed by atoms with Crippen molar-refractivity contribution in [2.24, 2.45) is 0 Å². The van der Waals surface area contributed by atoms with Gasteiger partial charge in [-0.05, 0) is 12.1 Å². The molecule has 0 aromatic heterocycles. The molecule has 0 atom stereocenters. The van der Waals surface area contributed by atoms with E-state index >= 15 is 0 Å². The highest BCUT2D eigenvalue weighted by atomic mass is 28.1. The van der Waals surface area contributed by atoms with E-state index in [0.717, 1.165) is 5.75 Å². The molecule has 9 heavy (non-hydrogen) atoms. The van der Waals surface area contributed by atoms with E-state index in [1.165, 1.54) is 0 Å². The highest BCUT2D eigenvalue weighted by Gasteiger charge is 1.83. The Morgan fingerprint density at radius 1 is 1.22 bits per heavy atom. The second kappa shape index (κ2) is 3.30. The number of hydrogen-bond donors (Lipinski definition) is 0. The number of hydrogen-bond acceptors (Lipinski definition) is 1. The average Bonchev–Trinajstić information content (AvgIpc) is 1.91. The second-order valence-electron chi connectivity index (χ2n) is 1.60. The molecular weight excluding hydrogens is 128 g/mol. The van der Waals surface area contributed by atoms with Crippen LogP contribution in [0, 0.1) is 0 Å². The first kappa shape index (κ1) is 6.36. The van der Waals surface area contributed by atoms with Crippen LogP contribution in [0.15, 0.2) is 30.3 Å². The first-order valence-electron chi connectivity index (χ1n) is 2.76. The van der Waals surface area contributed by atoms with Gasteiger partial charge >= 0.3 is 0 Å². The van der Waals surface area contributed by atoms with Gasteiger partial charge in [-0.25, -0.2) is 0 Å². The van der Waals surface area contributed by atoms with Gasteiger partial charge in [0.1, 0.15) is 5.75 Å². The predicted molar refractivity (Wildman–Crippen MR) is 37.7 cm³/mol. The van der Waals surface area contributed by atoms with Gasteiger partial charge < -0.3 is 4.74 Å². The Morgan fingerprint density at radius 2 is 1.89 bits per heavy atom. The third kappa shape index (κ3) is 1.89. The van der Waals surface area contributed by atoms with Crippen LogP contribution in [0.1, 0.15) is 0 Å². The fraction of sp³-hybridized carbons (Fsp3) is 0.143. The summed E-state index contributed by atoms with van der Waals surface area (Å²) in [6.45, 7) is 0. The average molecular weight is 135 g/mol. The zero-order valence-electron chi connectivity index (χ0n) is 5.00. The van der Waals surface area contributed by atoms with Crippen LogP contribution in [0.5, 0.6) is 5.75 Å². The first-order valence-corrected chi connectivity index (χ1v) is 3.46. The zero-order chi connectivity index (χ0) is 6.53. The van der Waals surface area contributed by atoms with Gasteiger partial charge in [0.15, 0.2) is 0 Å². The van der Waals surface area contributed by atoms with Crippen molar-refractivity contribution in [1.82, 2.24) is 0 Å². The Labute approximate surface area is 58.1 Å². The van der Waals surface area contributed by atoms with E-state index in [2.05, 4.69) is 10.2 Å². The molecule has 0 spiro atoms. The van der Waals surface area contributed by atoms with Crippen LogP contribution >= 0.6 is 0 Å². The standard InChI is InChI=1S/C7H7OSi/c9-6-8-7-4-2-1-3-5-7/h1-5H,6H2. The molecular formula is C7H7OSi. The third-order valence-corrected chi connectivity index (χ3v) is 1.13. The SMILES string of the molecule is [Si]COc1ccccc1. The van der Waals surface area contributed by atoms with Crippen molar-refractivity contribution in [2.75, 3.05) is 6.23 Å². The molecule has 0 saturated carbocycles. The molecule has 0 aliphatic rings. The predicted octanol–water partition coefficient (Wildman–Crippen LogP) is 1.19. The van der Waals surface area contributed by atoms with Crippen molar-refractivity contribution in [1.29, 1.82) is 0 Å². The molecule has 0 amide bonds. The summed E-state index contributed by atoms with van der Waals surface area (Å²) in [5, 5.41) is 0. The maximum absolute atomic E-state index is 5.12. The lowest BCUT2D eigenvalue weighted by Crippen LogP contribution is -1.94. The number of ether oxygens (including phenoxy) is 1. The summed E-state index contributed by atoms with van der Waals surface area (Å²) < 4.78 is 5.12. The van der Waals surface area contributed by atoms with Crippen LogP contribution < -0.4 is 4.74 Å². The fourth-order valence-electron chi connectivity index (χ4n) is 0.600. The molecule has 0 heterocycles. The summed E-state index contributed by atoms with van der Waals surface area (Å²) in [4.78, 5) is 0. The van der Waals surface area contributed by atoms with Gasteiger partial charge in [-0.15, -0.1) is 0 Å². The minimum absolute atomic E-state index is 0.546. The lowest BCUT2D eigenvalue weighted by Gasteiger charge is -1.99. The van der Waals surface area contributed by atoms with E-state index in [9.17, 15) is 0 Å². The van der Waals surface area contributed by atoms with Crippen molar-refractivity contribution in [3.05, 3.63) is 30.3 Å². The third-order valence-electron chi connectivity index (χ3n) is 0.982. The highest BCUT2D eigenvalue weighted by Crippen LogP contribution is 2.06. The van der Waals surface area contributed by atoms with E-state index in [-0.39, 0.29) is 0 Å². The Kier molecular flexibility index (Phi) is 2.33. The topological polar surface area (TPSA) is 9.23 Å². The van der Waals surface area contributed by atoms with E-state index < -0.39 is 0 Å². The summed E-state index contributed by atoms with van der Waals surface area (Å²) in [5.74, 6) is 0.896. The second-order valence-corrected chi connectivity index (χ2v) is 1.89. The van der Waals surface area contributed by atoms with Gasteiger partial charge in [-0.3, -0.25) is 0 Å². The molecule has 1 nitrogen and oxygen atoms in total. The Bertz CT molecular complexity index is 162. The van der Waals surface area contributed by atoms with Crippen molar-refractivity contribution in [3.63, 3.8) is 0 Å². The normalized spacial score (nSPS) is 9.00. The van der Waals surface area contributed by atoms with Gasteiger partial charge in [-0.1, -0.05) is 18.2 Å². The Balaban J connectivity index is 2.61. The van der Waals surface area contributed by atoms with E-state index in [1.807, 2.05) is 30.3 Å². The quantitative estimate of drug-likeness (QED) is 0.553. The number of benzene rings is 1. The molecule has 0 fully saturated rings. The molecule has 0 aliphatic heterocycles. The van der Waals surface area contributed by atoms with Crippen molar-refractivity contribution < 1.29 is 4.74 Å². The molecule has 2 heteroatoms. The summed E-state index contributed by atoms with van der Waals surface area (Å²) >= 11 is 0. The molecule has 45 valence electrons. The van der Waals surface area contributed by atoms with Gasteiger partial charge in [-0.2, -0.15) is 0 Å². The first-order chi connectivity index (χ1) is 4.43. The molecule has 1 aromatic carbocycles. The smallest absolute Gasteiger partial charge is 0.118 e. The van der Waals surface area contributed by atoms with Gasteiger partial charge in [0.05, 0.1) is 16.5 Å². The summed E-state index contributed by atoms with van der Waals surface area (Å²) in [6, 6.07) is 9.68. The molecule has 3 radical (unpaired) electrons. The molecule has 0 saturated heterocycles. The van der Waals surface area contributed by atoms with Crippen molar-refractivity contribution >= 4 is 10.2 Å². The maximum atomic E-state index is 5.12. The number of rotatable bonds is 2. The van der Waals surface area contributed by atoms with Gasteiger partial charge in [0.2, 0.25) is 0 Å². The van der Waals surface area contributed by atoms with Crippen LogP contribution in [0.3, 0.4) is 0 Å². The monoisotopic (exact) mass is 135 g/mol. The minimum Gasteiger partial charge on any atom is -0.498 e. The van der Waals surface area contributed by atoms with Gasteiger partial charge in [0, 0.05) is 0 Å². The van der Waals surface area contributed by atoms with Crippen LogP contribution in [-0.4, -0.2) is 16.5 Å². The molecule has 0 N–H and O–H groups in total. The Hall–Kier alpha value is -0.763. The highest BCUT2D eigenvalue weighted by molar-refractivity contribution is 6.08. The largest absolute Gasteiger partial charge is 0.498 e. The summed E-state index contributed by atoms with van der Waals surface area (Å²) in [5.41, 5.74) is 0. The van der Waals surface area contributed by atoms with Gasteiger partial charge in [0.25, 0.3) is 0 Å². The van der Waals surface area contributed by atoms with Crippen molar-refractivity contribution in [3.8, 4) is 5.75 Å². The van der Waals surface area contributed by atoms with E-state index in [0.29, 0.717) is 6.23 Å². The summed E-state index contributed by atoms with van der Waals surface area (Å²) in [6.07, 6.45) is 0.546. The fourth-order valence-corrected chi connectivity index (χ4v) is 0.767. The van der Waals surface area contributed by atoms with E-state index in [4.69, 9.17) is 4.74 Å². The lowest BCUT2D eigenvalue weighted by molar-refractivity contribution is 0.387. The summed E-state index contributed by atoms with van der Waals surface area (Å²) in [7, 11) is 3.21. The molecule has 1 rings (SSSR count). The zero-order valence-corrected chi connectivity index (χ0v) is 6.00. The number of para-hydroxylation sites is 1. The lowest BCUT2D eigenvalue weighted by atomic mass is 10.3. The van der Waals surface area contributed by atoms with Crippen LogP contribution in [0.25, 0.3) is 0 Å². The minimum atomic E-state index is 0.546. The molecule has 0 aliphatic carbocycles. The van der Waals surface area contributed by atoms with E-state index in [1.54, 1.807) is 0 Å². The maximum Gasteiger partial charge on any atom is 0.118 e. The Morgan fingerprint density at radius 3 is 2.44 bits per heavy atom. The van der Waals surface area contributed by atoms with Crippen LogP contribution in [0.2, 0.25) is 0 Å².